The van der Waals surface area contributed by atoms with Crippen LogP contribution in [0.25, 0.3) is 0 Å². The smallest absolute Gasteiger partial charge is 0.320 e. The third kappa shape index (κ3) is 8.22. The number of rotatable bonds is 12. The number of carboxylic acid groups (broad SMARTS) is 2. The first-order chi connectivity index (χ1) is 13.3. The highest BCUT2D eigenvalue weighted by Gasteiger charge is 2.37. The van der Waals surface area contributed by atoms with Gasteiger partial charge in [0.2, 0.25) is 0 Å². The molecular formula is C18H30N2O8. The Balaban J connectivity index is 3.06. The number of carbonyl (C=O) groups is 4. The second kappa shape index (κ2) is 12.3. The van der Waals surface area contributed by atoms with E-state index in [1.807, 2.05) is 0 Å². The Hall–Kier alpha value is -2.20. The van der Waals surface area contributed by atoms with Crippen molar-refractivity contribution in [3.8, 4) is 0 Å². The average molecular weight is 402 g/mol. The van der Waals surface area contributed by atoms with E-state index in [1.54, 1.807) is 13.8 Å². The average Bonchev–Trinajstić information content (AvgIpc) is 2.60. The third-order valence-corrected chi connectivity index (χ3v) is 4.58. The number of ether oxygens (including phenoxy) is 2. The number of carboxylic acids is 2. The van der Waals surface area contributed by atoms with Crippen molar-refractivity contribution in [1.29, 1.82) is 0 Å². The van der Waals surface area contributed by atoms with Gasteiger partial charge >= 0.3 is 23.9 Å². The molecule has 0 aromatic heterocycles. The largest absolute Gasteiger partial charge is 0.480 e. The van der Waals surface area contributed by atoms with Crippen molar-refractivity contribution in [3.05, 3.63) is 0 Å². The van der Waals surface area contributed by atoms with Crippen LogP contribution in [0.15, 0.2) is 0 Å². The number of aliphatic carboxylic acids is 2. The fraction of sp³-hybridized carbons (Fsp3) is 0.778. The van der Waals surface area contributed by atoms with Crippen molar-refractivity contribution in [1.82, 2.24) is 9.80 Å². The predicted molar refractivity (Wildman–Crippen MR) is 97.7 cm³/mol. The molecule has 1 aliphatic rings. The second-order valence-corrected chi connectivity index (χ2v) is 6.63. The number of hydrogen-bond donors (Lipinski definition) is 2. The van der Waals surface area contributed by atoms with Gasteiger partial charge in [0.15, 0.2) is 0 Å². The van der Waals surface area contributed by atoms with E-state index in [2.05, 4.69) is 0 Å². The molecule has 0 heterocycles. The summed E-state index contributed by atoms with van der Waals surface area (Å²) < 4.78 is 9.89. The topological polar surface area (TPSA) is 134 Å². The summed E-state index contributed by atoms with van der Waals surface area (Å²) in [5.41, 5.74) is 0. The van der Waals surface area contributed by atoms with E-state index >= 15 is 0 Å². The maximum Gasteiger partial charge on any atom is 0.320 e. The molecule has 1 rings (SSSR count). The molecular weight excluding hydrogens is 372 g/mol. The Kier molecular flexibility index (Phi) is 10.5. The zero-order valence-electron chi connectivity index (χ0n) is 16.5. The van der Waals surface area contributed by atoms with Gasteiger partial charge in [-0.3, -0.25) is 29.0 Å². The van der Waals surface area contributed by atoms with Gasteiger partial charge in [0.1, 0.15) is 0 Å². The summed E-state index contributed by atoms with van der Waals surface area (Å²) in [6, 6.07) is -0.772. The van der Waals surface area contributed by atoms with Crippen molar-refractivity contribution in [3.63, 3.8) is 0 Å². The van der Waals surface area contributed by atoms with Crippen LogP contribution in [0, 0.1) is 0 Å². The lowest BCUT2D eigenvalue weighted by molar-refractivity contribution is -0.152. The first-order valence-electron chi connectivity index (χ1n) is 9.51. The molecule has 0 saturated heterocycles. The van der Waals surface area contributed by atoms with Crippen LogP contribution in [0.5, 0.6) is 0 Å². The molecule has 160 valence electrons. The van der Waals surface area contributed by atoms with Gasteiger partial charge in [-0.05, 0) is 26.7 Å². The lowest BCUT2D eigenvalue weighted by Crippen LogP contribution is -2.57. The Morgan fingerprint density at radius 3 is 1.39 bits per heavy atom. The molecule has 28 heavy (non-hydrogen) atoms. The van der Waals surface area contributed by atoms with Crippen LogP contribution >= 0.6 is 0 Å². The molecule has 0 bridgehead atoms. The van der Waals surface area contributed by atoms with Crippen molar-refractivity contribution in [2.24, 2.45) is 0 Å². The first-order valence-corrected chi connectivity index (χ1v) is 9.51. The van der Waals surface area contributed by atoms with Crippen LogP contribution in [-0.4, -0.2) is 95.4 Å². The zero-order chi connectivity index (χ0) is 21.1. The molecule has 1 aliphatic carbocycles. The van der Waals surface area contributed by atoms with E-state index in [0.717, 1.165) is 12.8 Å². The molecule has 2 atom stereocenters. The summed E-state index contributed by atoms with van der Waals surface area (Å²) in [6.45, 7) is 2.53. The molecule has 0 spiro atoms. The lowest BCUT2D eigenvalue weighted by Gasteiger charge is -2.43. The van der Waals surface area contributed by atoms with Crippen LogP contribution < -0.4 is 0 Å². The summed E-state index contributed by atoms with van der Waals surface area (Å²) in [7, 11) is 0. The molecule has 0 radical (unpaired) electrons. The van der Waals surface area contributed by atoms with Gasteiger partial charge in [-0.2, -0.15) is 0 Å². The molecule has 0 aromatic rings. The normalized spacial score (nSPS) is 19.4. The Morgan fingerprint density at radius 1 is 0.750 bits per heavy atom. The summed E-state index contributed by atoms with van der Waals surface area (Å²) in [6.07, 6.45) is 2.83. The molecule has 2 unspecified atom stereocenters. The number of esters is 2. The third-order valence-electron chi connectivity index (χ3n) is 4.58. The Labute approximate surface area is 164 Å². The molecule has 1 fully saturated rings. The van der Waals surface area contributed by atoms with Gasteiger partial charge in [-0.1, -0.05) is 12.8 Å². The first kappa shape index (κ1) is 23.8. The summed E-state index contributed by atoms with van der Waals surface area (Å²) in [5.74, 6) is -3.26. The Bertz CT molecular complexity index is 506. The second-order valence-electron chi connectivity index (χ2n) is 6.63. The van der Waals surface area contributed by atoms with E-state index in [0.29, 0.717) is 12.8 Å². The zero-order valence-corrected chi connectivity index (χ0v) is 16.5. The van der Waals surface area contributed by atoms with E-state index < -0.39 is 23.9 Å². The molecule has 0 amide bonds. The molecule has 10 nitrogen and oxygen atoms in total. The fourth-order valence-electron chi connectivity index (χ4n) is 3.62. The van der Waals surface area contributed by atoms with Gasteiger partial charge in [-0.15, -0.1) is 0 Å². The molecule has 10 heteroatoms. The SMILES string of the molecule is CCOC(=O)CN(CC(=O)O)C1CCCCC1N(CC(=O)O)CC(=O)OCC. The number of carbonyl (C=O) groups excluding carboxylic acids is 2. The van der Waals surface area contributed by atoms with Crippen molar-refractivity contribution >= 4 is 23.9 Å². The summed E-state index contributed by atoms with van der Waals surface area (Å²) in [4.78, 5) is 49.6. The van der Waals surface area contributed by atoms with Crippen molar-refractivity contribution in [2.45, 2.75) is 51.6 Å². The van der Waals surface area contributed by atoms with Crippen LogP contribution in [0.2, 0.25) is 0 Å². The number of hydrogen-bond acceptors (Lipinski definition) is 8. The molecule has 2 N–H and O–H groups in total. The fourth-order valence-corrected chi connectivity index (χ4v) is 3.62. The predicted octanol–water partition coefficient (Wildman–Crippen LogP) is 0.197. The maximum absolute atomic E-state index is 12.0. The summed E-state index contributed by atoms with van der Waals surface area (Å²) in [5, 5.41) is 18.5. The van der Waals surface area contributed by atoms with E-state index in [9.17, 15) is 29.4 Å². The van der Waals surface area contributed by atoms with Gasteiger partial charge in [0.25, 0.3) is 0 Å². The van der Waals surface area contributed by atoms with E-state index in [4.69, 9.17) is 9.47 Å². The number of nitrogens with zero attached hydrogens (tertiary/aromatic N) is 2. The molecule has 0 aliphatic heterocycles. The standard InChI is InChI=1S/C18H30N2O8/c1-3-27-17(25)11-19(9-15(21)22)13-7-5-6-8-14(13)20(10-16(23)24)12-18(26)28-4-2/h13-14H,3-12H2,1-2H3,(H,21,22)(H,23,24). The van der Waals surface area contributed by atoms with Crippen LogP contribution in [0.3, 0.4) is 0 Å². The van der Waals surface area contributed by atoms with Crippen molar-refractivity contribution < 1.29 is 38.9 Å². The van der Waals surface area contributed by atoms with Crippen LogP contribution in [-0.2, 0) is 28.7 Å². The quantitative estimate of drug-likeness (QED) is 0.436. The van der Waals surface area contributed by atoms with Crippen LogP contribution in [0.4, 0.5) is 0 Å². The molecule has 0 aromatic carbocycles. The van der Waals surface area contributed by atoms with Gasteiger partial charge in [0.05, 0.1) is 39.4 Å². The monoisotopic (exact) mass is 402 g/mol. The highest BCUT2D eigenvalue weighted by molar-refractivity contribution is 5.75. The minimum Gasteiger partial charge on any atom is -0.480 e. The van der Waals surface area contributed by atoms with Crippen LogP contribution in [0.1, 0.15) is 39.5 Å². The Morgan fingerprint density at radius 2 is 1.11 bits per heavy atom. The minimum absolute atomic E-state index is 0.182. The van der Waals surface area contributed by atoms with E-state index in [1.165, 1.54) is 9.80 Å². The lowest BCUT2D eigenvalue weighted by atomic mass is 9.87. The van der Waals surface area contributed by atoms with Gasteiger partial charge in [-0.25, -0.2) is 0 Å². The highest BCUT2D eigenvalue weighted by atomic mass is 16.5. The molecule has 1 saturated carbocycles. The minimum atomic E-state index is -1.09. The van der Waals surface area contributed by atoms with E-state index in [-0.39, 0.29) is 51.5 Å². The van der Waals surface area contributed by atoms with Gasteiger partial charge < -0.3 is 19.7 Å². The van der Waals surface area contributed by atoms with Crippen molar-refractivity contribution in [2.75, 3.05) is 39.4 Å². The summed E-state index contributed by atoms with van der Waals surface area (Å²) >= 11 is 0. The highest BCUT2D eigenvalue weighted by Crippen LogP contribution is 2.27. The maximum atomic E-state index is 12.0. The van der Waals surface area contributed by atoms with Gasteiger partial charge in [0, 0.05) is 12.1 Å².